The molecule has 5 nitrogen and oxygen atoms in total. The smallest absolute Gasteiger partial charge is 0.304 e. The third-order valence-corrected chi connectivity index (χ3v) is 1.63. The Labute approximate surface area is 84.4 Å². The van der Waals surface area contributed by atoms with E-state index in [2.05, 4.69) is 5.29 Å². The van der Waals surface area contributed by atoms with Gasteiger partial charge >= 0.3 is 5.97 Å². The van der Waals surface area contributed by atoms with Crippen molar-refractivity contribution in [1.29, 1.82) is 0 Å². The molecule has 14 heavy (non-hydrogen) atoms. The van der Waals surface area contributed by atoms with Crippen molar-refractivity contribution in [2.75, 3.05) is 7.05 Å². The summed E-state index contributed by atoms with van der Waals surface area (Å²) in [4.78, 5) is 21.1. The van der Waals surface area contributed by atoms with Crippen LogP contribution in [-0.2, 0) is 9.53 Å². The summed E-state index contributed by atoms with van der Waals surface area (Å²) < 4.78 is 4.97. The summed E-state index contributed by atoms with van der Waals surface area (Å²) in [7, 11) is 1.49. The first kappa shape index (κ1) is 12.9. The highest BCUT2D eigenvalue weighted by Gasteiger charge is 2.24. The maximum Gasteiger partial charge on any atom is 0.304 e. The second-order valence-electron chi connectivity index (χ2n) is 4.48. The van der Waals surface area contributed by atoms with Crippen LogP contribution in [0.4, 0.5) is 0 Å². The molecule has 0 saturated heterocycles. The van der Waals surface area contributed by atoms with Crippen LogP contribution >= 0.6 is 0 Å². The van der Waals surface area contributed by atoms with Gasteiger partial charge in [-0.2, -0.15) is 0 Å². The second-order valence-corrected chi connectivity index (χ2v) is 4.48. The van der Waals surface area contributed by atoms with Gasteiger partial charge in [-0.3, -0.25) is 4.79 Å². The average molecular weight is 202 g/mol. The highest BCUT2D eigenvalue weighted by Crippen LogP contribution is 2.23. The lowest BCUT2D eigenvalue weighted by atomic mass is 9.91. The molecule has 0 aromatic carbocycles. The zero-order valence-corrected chi connectivity index (χ0v) is 9.40. The van der Waals surface area contributed by atoms with Gasteiger partial charge in [0, 0.05) is 20.4 Å². The van der Waals surface area contributed by atoms with E-state index in [0.717, 1.165) is 5.01 Å². The second kappa shape index (κ2) is 4.93. The lowest BCUT2D eigenvalue weighted by molar-refractivity contribution is -0.158. The van der Waals surface area contributed by atoms with Crippen molar-refractivity contribution < 1.29 is 9.53 Å². The third-order valence-electron chi connectivity index (χ3n) is 1.63. The van der Waals surface area contributed by atoms with Crippen molar-refractivity contribution in [1.82, 2.24) is 5.01 Å². The van der Waals surface area contributed by atoms with Crippen LogP contribution in [0.1, 0.15) is 34.1 Å². The summed E-state index contributed by atoms with van der Waals surface area (Å²) in [6, 6.07) is 0. The van der Waals surface area contributed by atoms with Gasteiger partial charge in [-0.25, -0.2) is 5.01 Å². The molecular weight excluding hydrogens is 184 g/mol. The molecule has 0 aromatic heterocycles. The van der Waals surface area contributed by atoms with E-state index in [1.165, 1.54) is 14.0 Å². The van der Waals surface area contributed by atoms with Crippen LogP contribution in [0.25, 0.3) is 0 Å². The predicted octanol–water partition coefficient (Wildman–Crippen LogP) is 1.93. The van der Waals surface area contributed by atoms with Crippen molar-refractivity contribution in [3.05, 3.63) is 4.91 Å². The number of esters is 1. The fourth-order valence-corrected chi connectivity index (χ4v) is 1.02. The highest BCUT2D eigenvalue weighted by molar-refractivity contribution is 5.66. The average Bonchev–Trinajstić information content (AvgIpc) is 1.98. The fraction of sp³-hybridized carbons (Fsp3) is 0.889. The molecule has 0 saturated carbocycles. The maximum absolute atomic E-state index is 10.8. The minimum atomic E-state index is -0.579. The molecule has 0 radical (unpaired) electrons. The standard InChI is InChI=1S/C9H18N2O3/c1-7(12)14-8(11(5)10-13)6-9(2,3)4/h8H,6H2,1-5H3. The zero-order chi connectivity index (χ0) is 11.4. The van der Waals surface area contributed by atoms with Gasteiger partial charge in [0.1, 0.15) is 0 Å². The minimum absolute atomic E-state index is 0.0287. The van der Waals surface area contributed by atoms with Gasteiger partial charge < -0.3 is 4.74 Å². The van der Waals surface area contributed by atoms with Crippen LogP contribution in [0.5, 0.6) is 0 Å². The third kappa shape index (κ3) is 5.50. The molecular formula is C9H18N2O3. The van der Waals surface area contributed by atoms with E-state index in [1.807, 2.05) is 20.8 Å². The van der Waals surface area contributed by atoms with E-state index in [1.54, 1.807) is 0 Å². The first-order valence-electron chi connectivity index (χ1n) is 4.49. The Hall–Kier alpha value is -1.13. The van der Waals surface area contributed by atoms with Crippen LogP contribution in [0.3, 0.4) is 0 Å². The predicted molar refractivity (Wildman–Crippen MR) is 53.2 cm³/mol. The molecule has 0 rings (SSSR count). The topological polar surface area (TPSA) is 59.0 Å². The van der Waals surface area contributed by atoms with E-state index in [4.69, 9.17) is 4.74 Å². The van der Waals surface area contributed by atoms with E-state index in [9.17, 15) is 9.70 Å². The number of hydrogen-bond acceptors (Lipinski definition) is 4. The summed E-state index contributed by atoms with van der Waals surface area (Å²) >= 11 is 0. The van der Waals surface area contributed by atoms with Gasteiger partial charge in [0.2, 0.25) is 0 Å². The molecule has 0 aliphatic heterocycles. The Morgan fingerprint density at radius 3 is 2.29 bits per heavy atom. The monoisotopic (exact) mass is 202 g/mol. The van der Waals surface area contributed by atoms with Crippen molar-refractivity contribution in [2.45, 2.75) is 40.3 Å². The largest absolute Gasteiger partial charge is 0.440 e. The number of nitroso groups, excluding NO2 is 1. The van der Waals surface area contributed by atoms with E-state index >= 15 is 0 Å². The quantitative estimate of drug-likeness (QED) is 0.302. The van der Waals surface area contributed by atoms with E-state index < -0.39 is 12.2 Å². The Morgan fingerprint density at radius 2 is 2.00 bits per heavy atom. The van der Waals surface area contributed by atoms with Crippen molar-refractivity contribution in [2.24, 2.45) is 10.7 Å². The van der Waals surface area contributed by atoms with Crippen LogP contribution < -0.4 is 0 Å². The number of hydrogen-bond donors (Lipinski definition) is 0. The van der Waals surface area contributed by atoms with Crippen LogP contribution in [-0.4, -0.2) is 24.3 Å². The van der Waals surface area contributed by atoms with Crippen LogP contribution in [0.2, 0.25) is 0 Å². The molecule has 0 heterocycles. The molecule has 0 fully saturated rings. The Kier molecular flexibility index (Phi) is 4.53. The minimum Gasteiger partial charge on any atom is -0.440 e. The van der Waals surface area contributed by atoms with E-state index in [0.29, 0.717) is 6.42 Å². The zero-order valence-electron chi connectivity index (χ0n) is 9.40. The SMILES string of the molecule is CC(=O)OC(CC(C)(C)C)N(C)N=O. The molecule has 0 aliphatic rings. The molecule has 82 valence electrons. The Morgan fingerprint density at radius 1 is 1.50 bits per heavy atom. The molecule has 0 bridgehead atoms. The van der Waals surface area contributed by atoms with Crippen LogP contribution in [0, 0.1) is 10.3 Å². The summed E-state index contributed by atoms with van der Waals surface area (Å²) in [6.45, 7) is 7.32. The van der Waals surface area contributed by atoms with Gasteiger partial charge in [0.15, 0.2) is 6.23 Å². The summed E-state index contributed by atoms with van der Waals surface area (Å²) in [6.07, 6.45) is -0.0144. The number of nitrogens with zero attached hydrogens (tertiary/aromatic N) is 2. The molecule has 1 atom stereocenters. The van der Waals surface area contributed by atoms with Gasteiger partial charge in [0.05, 0.1) is 5.29 Å². The summed E-state index contributed by atoms with van der Waals surface area (Å²) in [5.74, 6) is -0.408. The van der Waals surface area contributed by atoms with E-state index in [-0.39, 0.29) is 5.41 Å². The van der Waals surface area contributed by atoms with Gasteiger partial charge in [0.25, 0.3) is 0 Å². The summed E-state index contributed by atoms with van der Waals surface area (Å²) in [5.41, 5.74) is -0.0287. The van der Waals surface area contributed by atoms with Crippen LogP contribution in [0.15, 0.2) is 5.29 Å². The molecule has 0 N–H and O–H groups in total. The highest BCUT2D eigenvalue weighted by atomic mass is 16.6. The number of carbonyl (C=O) groups excluding carboxylic acids is 1. The molecule has 0 amide bonds. The summed E-state index contributed by atoms with van der Waals surface area (Å²) in [5, 5.41) is 3.85. The lowest BCUT2D eigenvalue weighted by Gasteiger charge is -2.28. The molecule has 0 spiro atoms. The Balaban J connectivity index is 4.39. The number of rotatable bonds is 4. The first-order valence-corrected chi connectivity index (χ1v) is 4.49. The van der Waals surface area contributed by atoms with Gasteiger partial charge in [-0.05, 0) is 5.41 Å². The molecule has 5 heteroatoms. The number of ether oxygens (including phenoxy) is 1. The number of carbonyl (C=O) groups is 1. The van der Waals surface area contributed by atoms with Crippen molar-refractivity contribution >= 4 is 5.97 Å². The maximum atomic E-state index is 10.8. The Bertz CT molecular complexity index is 211. The molecule has 0 aliphatic carbocycles. The van der Waals surface area contributed by atoms with Crippen molar-refractivity contribution in [3.8, 4) is 0 Å². The molecule has 0 aromatic rings. The molecule has 1 unspecified atom stereocenters. The fourth-order valence-electron chi connectivity index (χ4n) is 1.02. The first-order chi connectivity index (χ1) is 6.26. The van der Waals surface area contributed by atoms with Gasteiger partial charge in [-0.15, -0.1) is 4.91 Å². The van der Waals surface area contributed by atoms with Gasteiger partial charge in [-0.1, -0.05) is 20.8 Å². The van der Waals surface area contributed by atoms with Crippen molar-refractivity contribution in [3.63, 3.8) is 0 Å². The normalized spacial score (nSPS) is 13.2. The lowest BCUT2D eigenvalue weighted by Crippen LogP contribution is -2.34.